The zero-order valence-electron chi connectivity index (χ0n) is 17.8. The number of carbonyl (C=O) groups excluding carboxylic acids is 2. The van der Waals surface area contributed by atoms with Crippen LogP contribution in [0.2, 0.25) is 0 Å². The van der Waals surface area contributed by atoms with Gasteiger partial charge in [0, 0.05) is 10.4 Å². The van der Waals surface area contributed by atoms with E-state index in [1.165, 1.54) is 18.4 Å². The Labute approximate surface area is 197 Å². The number of thioether (sulfide) groups is 1. The first kappa shape index (κ1) is 21.8. The number of methoxy groups -OCH3 is 1. The number of aryl methyl sites for hydroxylation is 1. The fourth-order valence-corrected chi connectivity index (χ4v) is 5.68. The third-order valence-corrected chi connectivity index (χ3v) is 7.36. The third kappa shape index (κ3) is 4.55. The van der Waals surface area contributed by atoms with Crippen molar-refractivity contribution in [2.75, 3.05) is 31.4 Å². The lowest BCUT2D eigenvalue weighted by Crippen LogP contribution is -2.16. The fraction of sp³-hybridized carbons (Fsp3) is 0.364. The van der Waals surface area contributed by atoms with Crippen molar-refractivity contribution in [3.63, 3.8) is 0 Å². The van der Waals surface area contributed by atoms with E-state index in [0.29, 0.717) is 46.7 Å². The van der Waals surface area contributed by atoms with Gasteiger partial charge in [0.15, 0.2) is 11.5 Å². The molecule has 0 unspecified atom stereocenters. The molecular weight excluding hydrogens is 466 g/mol. The maximum Gasteiger partial charge on any atom is 0.341 e. The molecule has 0 fully saturated rings. The number of ether oxygens (including phenoxy) is 3. The monoisotopic (exact) mass is 487 g/mol. The lowest BCUT2D eigenvalue weighted by atomic mass is 9.95. The van der Waals surface area contributed by atoms with Crippen molar-refractivity contribution >= 4 is 40.0 Å². The van der Waals surface area contributed by atoms with Crippen molar-refractivity contribution in [3.8, 4) is 23.0 Å². The van der Waals surface area contributed by atoms with Gasteiger partial charge in [0.2, 0.25) is 11.8 Å². The first-order valence-electron chi connectivity index (χ1n) is 10.5. The second-order valence-electron chi connectivity index (χ2n) is 7.48. The van der Waals surface area contributed by atoms with Crippen LogP contribution in [0.4, 0.5) is 5.00 Å². The Morgan fingerprint density at radius 3 is 2.82 bits per heavy atom. The zero-order chi connectivity index (χ0) is 22.8. The molecule has 172 valence electrons. The van der Waals surface area contributed by atoms with E-state index >= 15 is 0 Å². The largest absolute Gasteiger partial charge is 0.486 e. The number of aromatic nitrogens is 2. The maximum absolute atomic E-state index is 12.6. The maximum atomic E-state index is 12.6. The molecule has 1 amide bonds. The molecule has 11 heteroatoms. The predicted octanol–water partition coefficient (Wildman–Crippen LogP) is 3.97. The van der Waals surface area contributed by atoms with Gasteiger partial charge in [-0.15, -0.1) is 21.5 Å². The minimum Gasteiger partial charge on any atom is -0.486 e. The van der Waals surface area contributed by atoms with Gasteiger partial charge in [0.05, 0.1) is 18.4 Å². The molecular formula is C22H21N3O6S2. The number of fused-ring (bicyclic) bond motifs is 2. The van der Waals surface area contributed by atoms with E-state index in [9.17, 15) is 9.59 Å². The highest BCUT2D eigenvalue weighted by molar-refractivity contribution is 7.99. The van der Waals surface area contributed by atoms with Crippen LogP contribution in [0, 0.1) is 0 Å². The standard InChI is InChI=1S/C22H21N3O6S2/c1-28-21(27)18-13-4-2-3-5-16(13)33-20(18)23-17(26)11-32-22-25-24-19(31-22)12-6-7-14-15(10-12)30-9-8-29-14/h6-7,10H,2-5,8-9,11H2,1H3,(H,23,26). The van der Waals surface area contributed by atoms with Gasteiger partial charge in [0.25, 0.3) is 5.22 Å². The van der Waals surface area contributed by atoms with Crippen LogP contribution in [0.3, 0.4) is 0 Å². The van der Waals surface area contributed by atoms with Crippen LogP contribution >= 0.6 is 23.1 Å². The first-order chi connectivity index (χ1) is 16.1. The number of esters is 1. The van der Waals surface area contributed by atoms with Crippen molar-refractivity contribution in [2.45, 2.75) is 30.9 Å². The number of amides is 1. The van der Waals surface area contributed by atoms with Gasteiger partial charge in [-0.05, 0) is 49.4 Å². The topological polar surface area (TPSA) is 113 Å². The smallest absolute Gasteiger partial charge is 0.341 e. The Bertz CT molecular complexity index is 1200. The summed E-state index contributed by atoms with van der Waals surface area (Å²) in [6.07, 6.45) is 3.85. The summed E-state index contributed by atoms with van der Waals surface area (Å²) < 4.78 is 21.8. The summed E-state index contributed by atoms with van der Waals surface area (Å²) in [5, 5.41) is 11.8. The van der Waals surface area contributed by atoms with E-state index in [4.69, 9.17) is 18.6 Å². The van der Waals surface area contributed by atoms with E-state index in [1.807, 2.05) is 6.07 Å². The second-order valence-corrected chi connectivity index (χ2v) is 9.51. The van der Waals surface area contributed by atoms with Crippen LogP contribution in [0.1, 0.15) is 33.6 Å². The van der Waals surface area contributed by atoms with E-state index in [-0.39, 0.29) is 16.9 Å². The van der Waals surface area contributed by atoms with Gasteiger partial charge < -0.3 is 23.9 Å². The van der Waals surface area contributed by atoms with Crippen LogP contribution in [0.5, 0.6) is 11.5 Å². The molecule has 1 aliphatic carbocycles. The number of benzene rings is 1. The van der Waals surface area contributed by atoms with Crippen LogP contribution in [0.15, 0.2) is 27.8 Å². The molecule has 1 aromatic carbocycles. The molecule has 0 atom stereocenters. The minimum atomic E-state index is -0.418. The van der Waals surface area contributed by atoms with Crippen LogP contribution in [-0.2, 0) is 22.4 Å². The first-order valence-corrected chi connectivity index (χ1v) is 12.3. The summed E-state index contributed by atoms with van der Waals surface area (Å²) >= 11 is 2.58. The molecule has 33 heavy (non-hydrogen) atoms. The van der Waals surface area contributed by atoms with Crippen LogP contribution < -0.4 is 14.8 Å². The molecule has 1 N–H and O–H groups in total. The second kappa shape index (κ2) is 9.44. The minimum absolute atomic E-state index is 0.0615. The lowest BCUT2D eigenvalue weighted by molar-refractivity contribution is -0.113. The van der Waals surface area contributed by atoms with E-state index in [1.54, 1.807) is 12.1 Å². The number of nitrogens with one attached hydrogen (secondary N) is 1. The van der Waals surface area contributed by atoms with Crippen LogP contribution in [0.25, 0.3) is 11.5 Å². The molecule has 0 bridgehead atoms. The molecule has 3 heterocycles. The summed E-state index contributed by atoms with van der Waals surface area (Å²) in [5.41, 5.74) is 2.19. The van der Waals surface area contributed by atoms with E-state index < -0.39 is 5.97 Å². The molecule has 2 aliphatic rings. The Balaban J connectivity index is 1.24. The van der Waals surface area contributed by atoms with Crippen LogP contribution in [-0.4, -0.2) is 48.2 Å². The van der Waals surface area contributed by atoms with Gasteiger partial charge in [-0.3, -0.25) is 4.79 Å². The Morgan fingerprint density at radius 2 is 1.97 bits per heavy atom. The highest BCUT2D eigenvalue weighted by Crippen LogP contribution is 2.39. The summed E-state index contributed by atoms with van der Waals surface area (Å²) in [6, 6.07) is 5.40. The average Bonchev–Trinajstić information content (AvgIpc) is 3.46. The number of hydrogen-bond donors (Lipinski definition) is 1. The molecule has 0 radical (unpaired) electrons. The van der Waals surface area contributed by atoms with Crippen molar-refractivity contribution in [3.05, 3.63) is 34.2 Å². The summed E-state index contributed by atoms with van der Waals surface area (Å²) in [7, 11) is 1.35. The highest BCUT2D eigenvalue weighted by atomic mass is 32.2. The Kier molecular flexibility index (Phi) is 6.23. The number of rotatable bonds is 6. The van der Waals surface area contributed by atoms with Crippen molar-refractivity contribution in [1.29, 1.82) is 0 Å². The molecule has 2 aromatic heterocycles. The molecule has 3 aromatic rings. The Morgan fingerprint density at radius 1 is 1.15 bits per heavy atom. The molecule has 0 saturated heterocycles. The molecule has 0 saturated carbocycles. The van der Waals surface area contributed by atoms with E-state index in [2.05, 4.69) is 15.5 Å². The zero-order valence-corrected chi connectivity index (χ0v) is 19.5. The SMILES string of the molecule is COC(=O)c1c(NC(=O)CSc2nnc(-c3ccc4c(c3)OCCO4)o2)sc2c1CCCC2. The normalized spacial score (nSPS) is 14.5. The molecule has 9 nitrogen and oxygen atoms in total. The fourth-order valence-electron chi connectivity index (χ4n) is 3.82. The average molecular weight is 488 g/mol. The van der Waals surface area contributed by atoms with Gasteiger partial charge >= 0.3 is 5.97 Å². The van der Waals surface area contributed by atoms with Crippen molar-refractivity contribution in [2.24, 2.45) is 0 Å². The third-order valence-electron chi connectivity index (χ3n) is 5.34. The molecule has 1 aliphatic heterocycles. The van der Waals surface area contributed by atoms with E-state index in [0.717, 1.165) is 47.9 Å². The summed E-state index contributed by atoms with van der Waals surface area (Å²) in [6.45, 7) is 1.01. The van der Waals surface area contributed by atoms with Gasteiger partial charge in [0.1, 0.15) is 18.2 Å². The predicted molar refractivity (Wildman–Crippen MR) is 122 cm³/mol. The number of carbonyl (C=O) groups is 2. The van der Waals surface area contributed by atoms with Gasteiger partial charge in [-0.1, -0.05) is 11.8 Å². The van der Waals surface area contributed by atoms with Gasteiger partial charge in [-0.25, -0.2) is 4.79 Å². The molecule has 5 rings (SSSR count). The molecule has 0 spiro atoms. The summed E-state index contributed by atoms with van der Waals surface area (Å²) in [5.74, 6) is 1.02. The number of nitrogens with zero attached hydrogens (tertiary/aromatic N) is 2. The Hall–Kier alpha value is -3.05. The van der Waals surface area contributed by atoms with Crippen molar-refractivity contribution in [1.82, 2.24) is 10.2 Å². The highest BCUT2D eigenvalue weighted by Gasteiger charge is 2.27. The number of thiophene rings is 1. The quantitative estimate of drug-likeness (QED) is 0.408. The van der Waals surface area contributed by atoms with Crippen molar-refractivity contribution < 1.29 is 28.2 Å². The van der Waals surface area contributed by atoms with Gasteiger partial charge in [-0.2, -0.15) is 0 Å². The number of anilines is 1. The number of hydrogen-bond acceptors (Lipinski definition) is 10. The lowest BCUT2D eigenvalue weighted by Gasteiger charge is -2.18. The summed E-state index contributed by atoms with van der Waals surface area (Å²) in [4.78, 5) is 26.1.